The van der Waals surface area contributed by atoms with E-state index >= 15 is 0 Å². The summed E-state index contributed by atoms with van der Waals surface area (Å²) in [6.07, 6.45) is -1.45. The molecule has 0 aromatic heterocycles. The van der Waals surface area contributed by atoms with Crippen LogP contribution < -0.4 is 5.32 Å². The lowest BCUT2D eigenvalue weighted by atomic mass is 9.85. The number of aliphatic imine (C=N–C) groups is 2. The number of nitrogens with one attached hydrogen (secondary N) is 1. The SMILES string of the molecule is CC(=O)N1CCC(C2=CC(N3CCC(F)(F)C3)=NC(NC3=NCCC(C(F)(F)F)C3)C2)CC1. The average Bonchev–Trinajstić information content (AvgIpc) is 3.13. The molecule has 0 spiro atoms. The molecule has 6 nitrogen and oxygen atoms in total. The number of rotatable bonds is 2. The normalized spacial score (nSPS) is 28.8. The van der Waals surface area contributed by atoms with E-state index < -0.39 is 30.7 Å². The molecule has 33 heavy (non-hydrogen) atoms. The summed E-state index contributed by atoms with van der Waals surface area (Å²) in [5.74, 6) is -3.29. The van der Waals surface area contributed by atoms with Gasteiger partial charge in [0.1, 0.15) is 12.0 Å². The summed E-state index contributed by atoms with van der Waals surface area (Å²) in [6, 6.07) is 0. The van der Waals surface area contributed by atoms with Crippen molar-refractivity contribution in [2.24, 2.45) is 21.8 Å². The van der Waals surface area contributed by atoms with E-state index in [-0.39, 0.29) is 50.0 Å². The van der Waals surface area contributed by atoms with Gasteiger partial charge in [-0.05, 0) is 31.3 Å². The fraction of sp³-hybridized carbons (Fsp3) is 0.773. The first-order valence-corrected chi connectivity index (χ1v) is 11.5. The van der Waals surface area contributed by atoms with Gasteiger partial charge in [0, 0.05) is 52.4 Å². The number of dihydropyridines is 1. The molecule has 1 amide bonds. The van der Waals surface area contributed by atoms with Crippen LogP contribution in [0.3, 0.4) is 0 Å². The molecule has 2 saturated heterocycles. The van der Waals surface area contributed by atoms with Crippen LogP contribution in [0.15, 0.2) is 21.6 Å². The molecule has 0 aromatic rings. The number of carbonyl (C=O) groups excluding carboxylic acids is 1. The van der Waals surface area contributed by atoms with Gasteiger partial charge in [-0.15, -0.1) is 0 Å². The molecule has 4 aliphatic heterocycles. The van der Waals surface area contributed by atoms with Gasteiger partial charge >= 0.3 is 6.18 Å². The molecule has 1 N–H and O–H groups in total. The molecule has 2 unspecified atom stereocenters. The average molecular weight is 476 g/mol. The van der Waals surface area contributed by atoms with Crippen LogP contribution in [0.5, 0.6) is 0 Å². The van der Waals surface area contributed by atoms with E-state index in [0.717, 1.165) is 18.4 Å². The van der Waals surface area contributed by atoms with Gasteiger partial charge in [-0.3, -0.25) is 9.79 Å². The van der Waals surface area contributed by atoms with Crippen LogP contribution >= 0.6 is 0 Å². The highest BCUT2D eigenvalue weighted by molar-refractivity contribution is 5.95. The Morgan fingerprint density at radius 2 is 1.88 bits per heavy atom. The number of likely N-dealkylation sites (tertiary alicyclic amines) is 2. The van der Waals surface area contributed by atoms with E-state index in [9.17, 15) is 26.7 Å². The van der Waals surface area contributed by atoms with Crippen LogP contribution in [0.1, 0.15) is 45.4 Å². The van der Waals surface area contributed by atoms with Crippen molar-refractivity contribution in [3.63, 3.8) is 0 Å². The molecule has 4 aliphatic rings. The van der Waals surface area contributed by atoms with E-state index in [1.54, 1.807) is 9.80 Å². The van der Waals surface area contributed by atoms with E-state index in [4.69, 9.17) is 0 Å². The van der Waals surface area contributed by atoms with Crippen molar-refractivity contribution in [1.82, 2.24) is 15.1 Å². The van der Waals surface area contributed by atoms with Crippen molar-refractivity contribution in [3.8, 4) is 0 Å². The van der Waals surface area contributed by atoms with Crippen LogP contribution in [0.2, 0.25) is 0 Å². The predicted octanol–water partition coefficient (Wildman–Crippen LogP) is 3.60. The summed E-state index contributed by atoms with van der Waals surface area (Å²) in [6.45, 7) is 2.66. The highest BCUT2D eigenvalue weighted by Crippen LogP contribution is 2.35. The highest BCUT2D eigenvalue weighted by Gasteiger charge is 2.42. The van der Waals surface area contributed by atoms with Crippen LogP contribution in [0.25, 0.3) is 0 Å². The minimum Gasteiger partial charge on any atom is -0.352 e. The summed E-state index contributed by atoms with van der Waals surface area (Å²) in [5.41, 5.74) is 1.04. The first kappa shape index (κ1) is 23.9. The molecule has 0 saturated carbocycles. The molecular formula is C22H30F5N5O. The third-order valence-electron chi connectivity index (χ3n) is 7.01. The molecule has 0 radical (unpaired) electrons. The molecule has 184 valence electrons. The van der Waals surface area contributed by atoms with Gasteiger partial charge in [-0.1, -0.05) is 5.57 Å². The Labute approximate surface area is 190 Å². The Morgan fingerprint density at radius 1 is 1.15 bits per heavy atom. The van der Waals surface area contributed by atoms with Crippen LogP contribution in [-0.2, 0) is 4.79 Å². The maximum absolute atomic E-state index is 13.8. The first-order chi connectivity index (χ1) is 15.5. The van der Waals surface area contributed by atoms with Gasteiger partial charge in [-0.25, -0.2) is 13.8 Å². The molecule has 4 heterocycles. The minimum absolute atomic E-state index is 0.0293. The molecule has 0 aliphatic carbocycles. The van der Waals surface area contributed by atoms with Crippen molar-refractivity contribution in [2.75, 3.05) is 32.7 Å². The summed E-state index contributed by atoms with van der Waals surface area (Å²) in [5, 5.41) is 3.07. The second kappa shape index (κ2) is 9.21. The summed E-state index contributed by atoms with van der Waals surface area (Å²) < 4.78 is 67.3. The van der Waals surface area contributed by atoms with E-state index in [1.807, 2.05) is 6.08 Å². The second-order valence-electron chi connectivity index (χ2n) is 9.44. The number of hydrogen-bond acceptors (Lipinski definition) is 5. The molecular weight excluding hydrogens is 445 g/mol. The minimum atomic E-state index is -4.28. The Kier molecular flexibility index (Phi) is 6.68. The summed E-state index contributed by atoms with van der Waals surface area (Å²) in [4.78, 5) is 23.8. The fourth-order valence-electron chi connectivity index (χ4n) is 5.06. The lowest BCUT2D eigenvalue weighted by molar-refractivity contribution is -0.174. The standard InChI is InChI=1S/C22H30F5N5O/c1-14(33)31-7-3-15(4-8-31)16-10-19(29-18-12-17(2-6-28-18)22(25,26)27)30-20(11-16)32-9-5-21(23,24)13-32/h11,15,17,19H,2-10,12-13H2,1H3,(H,28,29). The lowest BCUT2D eigenvalue weighted by Crippen LogP contribution is -2.44. The number of piperidine rings is 1. The summed E-state index contributed by atoms with van der Waals surface area (Å²) >= 11 is 0. The molecule has 4 rings (SSSR count). The number of carbonyl (C=O) groups is 1. The topological polar surface area (TPSA) is 60.3 Å². The maximum Gasteiger partial charge on any atom is 0.392 e. The van der Waals surface area contributed by atoms with Crippen molar-refractivity contribution in [1.29, 1.82) is 0 Å². The van der Waals surface area contributed by atoms with Crippen LogP contribution in [0, 0.1) is 11.8 Å². The van der Waals surface area contributed by atoms with Gasteiger partial charge in [0.25, 0.3) is 5.92 Å². The molecule has 2 atom stereocenters. The van der Waals surface area contributed by atoms with Crippen LogP contribution in [-0.4, -0.2) is 78.4 Å². The predicted molar refractivity (Wildman–Crippen MR) is 114 cm³/mol. The largest absolute Gasteiger partial charge is 0.392 e. The Balaban J connectivity index is 1.50. The Bertz CT molecular complexity index is 845. The Hall–Kier alpha value is -2.20. The van der Waals surface area contributed by atoms with Gasteiger partial charge < -0.3 is 15.1 Å². The Morgan fingerprint density at radius 3 is 2.48 bits per heavy atom. The number of amides is 1. The van der Waals surface area contributed by atoms with Gasteiger partial charge in [-0.2, -0.15) is 13.2 Å². The third kappa shape index (κ3) is 5.84. The zero-order valence-corrected chi connectivity index (χ0v) is 18.7. The third-order valence-corrected chi connectivity index (χ3v) is 7.01. The highest BCUT2D eigenvalue weighted by atomic mass is 19.4. The van der Waals surface area contributed by atoms with Crippen molar-refractivity contribution < 1.29 is 26.7 Å². The fourth-order valence-corrected chi connectivity index (χ4v) is 5.06. The second-order valence-corrected chi connectivity index (χ2v) is 9.44. The maximum atomic E-state index is 13.8. The number of alkyl halides is 5. The monoisotopic (exact) mass is 475 g/mol. The summed E-state index contributed by atoms with van der Waals surface area (Å²) in [7, 11) is 0. The smallest absolute Gasteiger partial charge is 0.352 e. The van der Waals surface area contributed by atoms with Gasteiger partial charge in [0.05, 0.1) is 18.3 Å². The molecule has 2 fully saturated rings. The van der Waals surface area contributed by atoms with Crippen molar-refractivity contribution in [2.45, 2.75) is 63.7 Å². The molecule has 0 bridgehead atoms. The van der Waals surface area contributed by atoms with Crippen LogP contribution in [0.4, 0.5) is 22.0 Å². The zero-order chi connectivity index (χ0) is 23.8. The van der Waals surface area contributed by atoms with Crippen molar-refractivity contribution in [3.05, 3.63) is 11.6 Å². The number of hydrogen-bond donors (Lipinski definition) is 1. The first-order valence-electron chi connectivity index (χ1n) is 11.5. The zero-order valence-electron chi connectivity index (χ0n) is 18.7. The van der Waals surface area contributed by atoms with E-state index in [2.05, 4.69) is 15.3 Å². The molecule has 11 heteroatoms. The van der Waals surface area contributed by atoms with E-state index in [1.165, 1.54) is 6.92 Å². The number of amidine groups is 2. The number of nitrogens with zero attached hydrogens (tertiary/aromatic N) is 4. The van der Waals surface area contributed by atoms with Crippen molar-refractivity contribution >= 4 is 17.6 Å². The molecule has 0 aromatic carbocycles. The lowest BCUT2D eigenvalue weighted by Gasteiger charge is -2.36. The number of halogens is 5. The quantitative estimate of drug-likeness (QED) is 0.621. The van der Waals surface area contributed by atoms with Gasteiger partial charge in [0.2, 0.25) is 5.91 Å². The van der Waals surface area contributed by atoms with Gasteiger partial charge in [0.15, 0.2) is 0 Å². The van der Waals surface area contributed by atoms with E-state index in [0.29, 0.717) is 25.3 Å².